The van der Waals surface area contributed by atoms with Gasteiger partial charge in [0.05, 0.1) is 24.8 Å². The molecule has 146 valence electrons. The number of alkyl halides is 3. The molecule has 0 radical (unpaired) electrons. The second kappa shape index (κ2) is 7.82. The second-order valence-corrected chi connectivity index (χ2v) is 6.27. The van der Waals surface area contributed by atoms with Crippen molar-refractivity contribution in [2.24, 2.45) is 0 Å². The summed E-state index contributed by atoms with van der Waals surface area (Å²) in [5.74, 6) is -1.33. The van der Waals surface area contributed by atoms with Gasteiger partial charge in [0, 0.05) is 12.2 Å². The highest BCUT2D eigenvalue weighted by Crippen LogP contribution is 2.33. The maximum atomic E-state index is 13.6. The summed E-state index contributed by atoms with van der Waals surface area (Å²) in [7, 11) is 0. The van der Waals surface area contributed by atoms with Gasteiger partial charge in [-0.25, -0.2) is 8.78 Å². The molecule has 2 aromatic carbocycles. The summed E-state index contributed by atoms with van der Waals surface area (Å²) in [6, 6.07) is 8.27. The quantitative estimate of drug-likeness (QED) is 0.695. The van der Waals surface area contributed by atoms with E-state index in [9.17, 15) is 22.0 Å². The molecule has 27 heavy (non-hydrogen) atoms. The molecule has 0 N–H and O–H groups in total. The van der Waals surface area contributed by atoms with Crippen molar-refractivity contribution < 1.29 is 31.4 Å². The molecule has 1 aliphatic rings. The van der Waals surface area contributed by atoms with Crippen molar-refractivity contribution in [2.45, 2.75) is 25.5 Å². The maximum absolute atomic E-state index is 13.6. The number of halogens is 5. The minimum absolute atomic E-state index is 0.0739. The predicted octanol–water partition coefficient (Wildman–Crippen LogP) is 4.92. The fraction of sp³-hybridized carbons (Fsp3) is 0.368. The van der Waals surface area contributed by atoms with Gasteiger partial charge in [-0.2, -0.15) is 13.2 Å². The lowest BCUT2D eigenvalue weighted by Crippen LogP contribution is -2.44. The van der Waals surface area contributed by atoms with E-state index in [1.165, 1.54) is 19.1 Å². The van der Waals surface area contributed by atoms with Crippen LogP contribution in [0.25, 0.3) is 0 Å². The Labute approximate surface area is 153 Å². The number of anilines is 1. The van der Waals surface area contributed by atoms with E-state index in [-0.39, 0.29) is 11.4 Å². The molecule has 1 aliphatic heterocycles. The Bertz CT molecular complexity index is 779. The minimum atomic E-state index is -4.64. The van der Waals surface area contributed by atoms with Crippen LogP contribution < -0.4 is 4.90 Å². The van der Waals surface area contributed by atoms with E-state index in [2.05, 4.69) is 0 Å². The topological polar surface area (TPSA) is 21.7 Å². The van der Waals surface area contributed by atoms with E-state index in [1.54, 1.807) is 12.1 Å². The Balaban J connectivity index is 1.69. The minimum Gasteiger partial charge on any atom is -0.364 e. The second-order valence-electron chi connectivity index (χ2n) is 6.27. The van der Waals surface area contributed by atoms with Gasteiger partial charge in [-0.1, -0.05) is 0 Å². The van der Waals surface area contributed by atoms with Crippen molar-refractivity contribution in [1.82, 2.24) is 0 Å². The Hall–Kier alpha value is -2.19. The number of nitrogens with zero attached hydrogens (tertiary/aromatic N) is 1. The third-order valence-corrected chi connectivity index (χ3v) is 4.30. The molecular weight excluding hydrogens is 369 g/mol. The zero-order chi connectivity index (χ0) is 19.6. The Kier molecular flexibility index (Phi) is 5.67. The third kappa shape index (κ3) is 4.95. The smallest absolute Gasteiger partial charge is 0.364 e. The highest BCUT2D eigenvalue weighted by Gasteiger charge is 2.32. The number of benzene rings is 2. The normalized spacial score (nSPS) is 19.2. The van der Waals surface area contributed by atoms with Crippen molar-refractivity contribution in [3.63, 3.8) is 0 Å². The van der Waals surface area contributed by atoms with E-state index < -0.39 is 30.0 Å². The first kappa shape index (κ1) is 19.6. The molecule has 2 atom stereocenters. The number of rotatable bonds is 4. The first-order valence-corrected chi connectivity index (χ1v) is 8.37. The highest BCUT2D eigenvalue weighted by atomic mass is 19.4. The molecule has 0 bridgehead atoms. The van der Waals surface area contributed by atoms with Gasteiger partial charge < -0.3 is 14.4 Å². The first-order chi connectivity index (χ1) is 12.7. The zero-order valence-corrected chi connectivity index (χ0v) is 14.5. The molecule has 8 heteroatoms. The van der Waals surface area contributed by atoms with Crippen LogP contribution in [0.5, 0.6) is 0 Å². The molecule has 0 amide bonds. The standard InChI is InChI=1S/C19H18F5NO2/c1-12(13-8-14(19(22,23)24)10-16(21)9-13)27-18-11-25(6-7-26-18)17-4-2-15(20)3-5-17/h2-5,8-10,12,18H,6-7,11H2,1H3/t12-,18-/m1/s1. The summed E-state index contributed by atoms with van der Waals surface area (Å²) in [5.41, 5.74) is -0.207. The molecule has 3 nitrogen and oxygen atoms in total. The van der Waals surface area contributed by atoms with E-state index in [0.29, 0.717) is 25.8 Å². The summed E-state index contributed by atoms with van der Waals surface area (Å²) in [4.78, 5) is 1.92. The van der Waals surface area contributed by atoms with Gasteiger partial charge in [-0.05, 0) is 55.0 Å². The lowest BCUT2D eigenvalue weighted by Gasteiger charge is -2.35. The predicted molar refractivity (Wildman–Crippen MR) is 89.3 cm³/mol. The highest BCUT2D eigenvalue weighted by molar-refractivity contribution is 5.46. The van der Waals surface area contributed by atoms with Crippen molar-refractivity contribution in [3.8, 4) is 0 Å². The fourth-order valence-corrected chi connectivity index (χ4v) is 2.90. The molecule has 0 unspecified atom stereocenters. The average molecular weight is 387 g/mol. The van der Waals surface area contributed by atoms with E-state index in [1.807, 2.05) is 4.90 Å². The Morgan fingerprint density at radius 1 is 1.07 bits per heavy atom. The van der Waals surface area contributed by atoms with E-state index in [0.717, 1.165) is 17.8 Å². The largest absolute Gasteiger partial charge is 0.416 e. The fourth-order valence-electron chi connectivity index (χ4n) is 2.90. The van der Waals surface area contributed by atoms with Crippen LogP contribution in [0.2, 0.25) is 0 Å². The molecule has 1 fully saturated rings. The average Bonchev–Trinajstić information content (AvgIpc) is 2.61. The van der Waals surface area contributed by atoms with Crippen molar-refractivity contribution >= 4 is 5.69 Å². The third-order valence-electron chi connectivity index (χ3n) is 4.30. The SMILES string of the molecule is C[C@@H](O[C@@H]1CN(c2ccc(F)cc2)CCO1)c1cc(F)cc(C(F)(F)F)c1. The molecule has 3 rings (SSSR count). The lowest BCUT2D eigenvalue weighted by atomic mass is 10.1. The number of hydrogen-bond donors (Lipinski definition) is 0. The molecule has 1 saturated heterocycles. The van der Waals surface area contributed by atoms with Crippen LogP contribution in [0.15, 0.2) is 42.5 Å². The van der Waals surface area contributed by atoms with Crippen LogP contribution in [0.4, 0.5) is 27.6 Å². The molecule has 1 heterocycles. The first-order valence-electron chi connectivity index (χ1n) is 8.37. The molecular formula is C19H18F5NO2. The van der Waals surface area contributed by atoms with Crippen LogP contribution in [-0.4, -0.2) is 26.0 Å². The number of hydrogen-bond acceptors (Lipinski definition) is 3. The zero-order valence-electron chi connectivity index (χ0n) is 14.5. The van der Waals surface area contributed by atoms with Crippen LogP contribution >= 0.6 is 0 Å². The van der Waals surface area contributed by atoms with Gasteiger partial charge in [0.2, 0.25) is 0 Å². The van der Waals surface area contributed by atoms with Gasteiger partial charge in [0.1, 0.15) is 11.6 Å². The van der Waals surface area contributed by atoms with Gasteiger partial charge >= 0.3 is 6.18 Å². The Morgan fingerprint density at radius 2 is 1.78 bits per heavy atom. The van der Waals surface area contributed by atoms with Crippen LogP contribution in [-0.2, 0) is 15.7 Å². The monoisotopic (exact) mass is 387 g/mol. The van der Waals surface area contributed by atoms with Crippen LogP contribution in [0, 0.1) is 11.6 Å². The summed E-state index contributed by atoms with van der Waals surface area (Å²) < 4.78 is 76.5. The van der Waals surface area contributed by atoms with Gasteiger partial charge in [0.25, 0.3) is 0 Å². The van der Waals surface area contributed by atoms with Gasteiger partial charge in [-0.3, -0.25) is 0 Å². The summed E-state index contributed by atoms with van der Waals surface area (Å²) in [6.07, 6.45) is -6.16. The summed E-state index contributed by atoms with van der Waals surface area (Å²) in [6.45, 7) is 2.76. The molecule has 0 aliphatic carbocycles. The molecule has 0 aromatic heterocycles. The summed E-state index contributed by atoms with van der Waals surface area (Å²) in [5, 5.41) is 0. The van der Waals surface area contributed by atoms with E-state index >= 15 is 0 Å². The maximum Gasteiger partial charge on any atom is 0.416 e. The molecule has 2 aromatic rings. The van der Waals surface area contributed by atoms with Crippen molar-refractivity contribution in [1.29, 1.82) is 0 Å². The Morgan fingerprint density at radius 3 is 2.44 bits per heavy atom. The van der Waals surface area contributed by atoms with Crippen molar-refractivity contribution in [3.05, 3.63) is 65.2 Å². The van der Waals surface area contributed by atoms with Crippen molar-refractivity contribution in [2.75, 3.05) is 24.6 Å². The number of ether oxygens (including phenoxy) is 2. The molecule has 0 spiro atoms. The lowest BCUT2D eigenvalue weighted by molar-refractivity contribution is -0.171. The number of morpholine rings is 1. The summed E-state index contributed by atoms with van der Waals surface area (Å²) >= 11 is 0. The molecule has 0 saturated carbocycles. The van der Waals surface area contributed by atoms with Gasteiger partial charge in [-0.15, -0.1) is 0 Å². The van der Waals surface area contributed by atoms with E-state index in [4.69, 9.17) is 9.47 Å². The van der Waals surface area contributed by atoms with Gasteiger partial charge in [0.15, 0.2) is 6.29 Å². The van der Waals surface area contributed by atoms with Crippen LogP contribution in [0.1, 0.15) is 24.2 Å². The van der Waals surface area contributed by atoms with Crippen LogP contribution in [0.3, 0.4) is 0 Å².